The number of hydrogen-bond donors (Lipinski definition) is 4. The highest BCUT2D eigenvalue weighted by molar-refractivity contribution is 6.30. The van der Waals surface area contributed by atoms with Gasteiger partial charge in [0, 0.05) is 31.5 Å². The first-order valence-corrected chi connectivity index (χ1v) is 11.3. The zero-order valence-electron chi connectivity index (χ0n) is 18.8. The summed E-state index contributed by atoms with van der Waals surface area (Å²) in [4.78, 5) is 29.7. The number of likely N-dealkylation sites (N-methyl/N-ethyl adjacent to an activating group) is 1. The van der Waals surface area contributed by atoms with E-state index in [1.807, 2.05) is 0 Å². The van der Waals surface area contributed by atoms with Crippen LogP contribution in [-0.4, -0.2) is 66.0 Å². The molecule has 0 bridgehead atoms. The molecule has 0 aliphatic carbocycles. The lowest BCUT2D eigenvalue weighted by molar-refractivity contribution is -0.137. The molecule has 0 unspecified atom stereocenters. The number of rotatable bonds is 6. The Hall–Kier alpha value is -3.71. The number of carbonyl (C=O) groups excluding carboxylic acids is 1. The highest BCUT2D eigenvalue weighted by Gasteiger charge is 2.47. The zero-order valence-corrected chi connectivity index (χ0v) is 19.6. The fourth-order valence-electron chi connectivity index (χ4n) is 3.97. The number of imidazole rings is 1. The molecular formula is C23H21ClFN7O4. The van der Waals surface area contributed by atoms with Crippen molar-refractivity contribution in [1.29, 1.82) is 0 Å². The number of hydrogen-bond acceptors (Lipinski definition) is 9. The number of aliphatic hydroxyl groups excluding tert-OH is 2. The second-order valence-corrected chi connectivity index (χ2v) is 8.57. The van der Waals surface area contributed by atoms with Crippen LogP contribution in [0.2, 0.25) is 5.02 Å². The number of aliphatic hydroxyl groups is 2. The Labute approximate surface area is 209 Å². The van der Waals surface area contributed by atoms with Crippen molar-refractivity contribution in [2.75, 3.05) is 12.4 Å². The van der Waals surface area contributed by atoms with E-state index in [0.717, 1.165) is 0 Å². The molecule has 4 atom stereocenters. The van der Waals surface area contributed by atoms with Crippen LogP contribution in [0, 0.1) is 5.82 Å². The van der Waals surface area contributed by atoms with Gasteiger partial charge >= 0.3 is 0 Å². The van der Waals surface area contributed by atoms with Gasteiger partial charge in [-0.2, -0.15) is 0 Å². The molecule has 3 aromatic heterocycles. The van der Waals surface area contributed by atoms with E-state index in [1.165, 1.54) is 42.5 Å². The summed E-state index contributed by atoms with van der Waals surface area (Å²) in [5.74, 6) is -0.370. The molecular weight excluding hydrogens is 493 g/mol. The third-order valence-corrected chi connectivity index (χ3v) is 5.96. The Kier molecular flexibility index (Phi) is 6.49. The quantitative estimate of drug-likeness (QED) is 0.302. The van der Waals surface area contributed by atoms with Gasteiger partial charge in [0.2, 0.25) is 0 Å². The third kappa shape index (κ3) is 4.46. The lowest BCUT2D eigenvalue weighted by Gasteiger charge is -2.17. The van der Waals surface area contributed by atoms with E-state index in [2.05, 4.69) is 30.6 Å². The molecule has 36 heavy (non-hydrogen) atoms. The summed E-state index contributed by atoms with van der Waals surface area (Å²) in [6.45, 7) is 0.240. The van der Waals surface area contributed by atoms with E-state index in [0.29, 0.717) is 27.5 Å². The van der Waals surface area contributed by atoms with Gasteiger partial charge in [-0.25, -0.2) is 19.3 Å². The van der Waals surface area contributed by atoms with Crippen LogP contribution in [0.15, 0.2) is 49.1 Å². The number of pyridine rings is 1. The second-order valence-electron chi connectivity index (χ2n) is 8.14. The number of aromatic nitrogens is 5. The van der Waals surface area contributed by atoms with Gasteiger partial charge in [0.05, 0.1) is 11.3 Å². The maximum absolute atomic E-state index is 13.7. The number of halogens is 2. The minimum Gasteiger partial charge on any atom is -0.387 e. The number of amides is 1. The van der Waals surface area contributed by atoms with Crippen LogP contribution < -0.4 is 10.6 Å². The van der Waals surface area contributed by atoms with E-state index < -0.39 is 30.4 Å². The minimum atomic E-state index is -1.46. The number of nitrogens with zero attached hydrogens (tertiary/aromatic N) is 5. The number of anilines is 1. The molecule has 5 rings (SSSR count). The predicted molar refractivity (Wildman–Crippen MR) is 127 cm³/mol. The van der Waals surface area contributed by atoms with Crippen molar-refractivity contribution in [2.24, 2.45) is 0 Å². The molecule has 0 spiro atoms. The van der Waals surface area contributed by atoms with Gasteiger partial charge in [-0.05, 0) is 23.8 Å². The lowest BCUT2D eigenvalue weighted by atomic mass is 10.1. The molecule has 1 amide bonds. The van der Waals surface area contributed by atoms with E-state index in [9.17, 15) is 19.4 Å². The molecule has 1 aliphatic heterocycles. The number of carbonyl (C=O) groups is 1. The van der Waals surface area contributed by atoms with Crippen LogP contribution in [0.1, 0.15) is 11.8 Å². The van der Waals surface area contributed by atoms with Gasteiger partial charge in [-0.3, -0.25) is 14.3 Å². The number of ether oxygens (including phenoxy) is 1. The van der Waals surface area contributed by atoms with Gasteiger partial charge in [0.25, 0.3) is 5.91 Å². The van der Waals surface area contributed by atoms with Crippen molar-refractivity contribution >= 4 is 34.5 Å². The first-order chi connectivity index (χ1) is 17.4. The van der Waals surface area contributed by atoms with E-state index in [-0.39, 0.29) is 23.8 Å². The summed E-state index contributed by atoms with van der Waals surface area (Å²) in [6, 6.07) is 7.75. The smallest absolute Gasteiger partial charge is 0.251 e. The molecule has 4 aromatic rings. The fourth-order valence-corrected chi connectivity index (χ4v) is 4.14. The normalized spacial score (nSPS) is 21.6. The highest BCUT2D eigenvalue weighted by atomic mass is 35.5. The van der Waals surface area contributed by atoms with Crippen molar-refractivity contribution in [3.05, 3.63) is 65.5 Å². The molecule has 186 valence electrons. The van der Waals surface area contributed by atoms with Crippen LogP contribution >= 0.6 is 11.6 Å². The minimum absolute atomic E-state index is 0.240. The van der Waals surface area contributed by atoms with Crippen LogP contribution in [0.3, 0.4) is 0 Å². The second kappa shape index (κ2) is 9.74. The topological polar surface area (TPSA) is 147 Å². The number of fused-ring (bicyclic) bond motifs is 1. The molecule has 0 saturated carbocycles. The van der Waals surface area contributed by atoms with Crippen molar-refractivity contribution in [3.8, 4) is 11.4 Å². The molecule has 1 fully saturated rings. The standard InChI is InChI=1S/C23H21ClFN7O4/c1-26-22(35)18-16(33)17(34)23(36-18)32-10-29-15-20(28-7-11-3-2-4-14(25)5-11)30-19(31-21(15)32)12-6-13(24)9-27-8-12/h2-6,8-10,16-18,23,33-34H,7H2,1H3,(H,26,35)(H,28,30,31)/t16-,17+,18-,23+/m0/s1. The Morgan fingerprint density at radius 3 is 2.81 bits per heavy atom. The Bertz CT molecular complexity index is 1430. The van der Waals surface area contributed by atoms with E-state index >= 15 is 0 Å². The average Bonchev–Trinajstić information content (AvgIpc) is 3.43. The molecule has 11 nitrogen and oxygen atoms in total. The first kappa shape index (κ1) is 24.0. The Balaban J connectivity index is 1.58. The molecule has 1 aliphatic rings. The summed E-state index contributed by atoms with van der Waals surface area (Å²) in [7, 11) is 1.40. The summed E-state index contributed by atoms with van der Waals surface area (Å²) >= 11 is 6.11. The maximum atomic E-state index is 13.7. The first-order valence-electron chi connectivity index (χ1n) is 10.9. The van der Waals surface area contributed by atoms with E-state index in [4.69, 9.17) is 16.3 Å². The molecule has 4 heterocycles. The largest absolute Gasteiger partial charge is 0.387 e. The molecule has 13 heteroatoms. The summed E-state index contributed by atoms with van der Waals surface area (Å²) in [5.41, 5.74) is 1.79. The molecule has 1 aromatic carbocycles. The van der Waals surface area contributed by atoms with Gasteiger partial charge in [-0.15, -0.1) is 0 Å². The summed E-state index contributed by atoms with van der Waals surface area (Å²) < 4.78 is 20.8. The molecule has 0 radical (unpaired) electrons. The van der Waals surface area contributed by atoms with Crippen LogP contribution in [0.25, 0.3) is 22.6 Å². The van der Waals surface area contributed by atoms with Crippen molar-refractivity contribution in [2.45, 2.75) is 31.1 Å². The van der Waals surface area contributed by atoms with Crippen LogP contribution in [0.5, 0.6) is 0 Å². The van der Waals surface area contributed by atoms with Gasteiger partial charge in [-0.1, -0.05) is 23.7 Å². The Morgan fingerprint density at radius 2 is 2.06 bits per heavy atom. The highest BCUT2D eigenvalue weighted by Crippen LogP contribution is 2.34. The summed E-state index contributed by atoms with van der Waals surface area (Å²) in [6.07, 6.45) is -0.938. The number of nitrogens with one attached hydrogen (secondary N) is 2. The monoisotopic (exact) mass is 513 g/mol. The molecule has 4 N–H and O–H groups in total. The van der Waals surface area contributed by atoms with Gasteiger partial charge in [0.1, 0.15) is 18.0 Å². The SMILES string of the molecule is CNC(=O)[C@H]1O[C@@H](n2cnc3c(NCc4cccc(F)c4)nc(-c4cncc(Cl)c4)nc32)[C@H](O)[C@@H]1O. The fraction of sp³-hybridized carbons (Fsp3) is 0.261. The van der Waals surface area contributed by atoms with E-state index in [1.54, 1.807) is 18.2 Å². The van der Waals surface area contributed by atoms with Gasteiger partial charge in [0.15, 0.2) is 35.1 Å². The zero-order chi connectivity index (χ0) is 25.4. The van der Waals surface area contributed by atoms with Crippen LogP contribution in [0.4, 0.5) is 10.2 Å². The lowest BCUT2D eigenvalue weighted by Crippen LogP contribution is -2.41. The van der Waals surface area contributed by atoms with Crippen molar-refractivity contribution in [1.82, 2.24) is 29.8 Å². The number of benzene rings is 1. The third-order valence-electron chi connectivity index (χ3n) is 5.75. The predicted octanol–water partition coefficient (Wildman–Crippen LogP) is 1.66. The van der Waals surface area contributed by atoms with Crippen molar-refractivity contribution in [3.63, 3.8) is 0 Å². The van der Waals surface area contributed by atoms with Gasteiger partial charge < -0.3 is 25.6 Å². The van der Waals surface area contributed by atoms with Crippen molar-refractivity contribution < 1.29 is 24.1 Å². The Morgan fingerprint density at radius 1 is 1.22 bits per heavy atom. The summed E-state index contributed by atoms with van der Waals surface area (Å²) in [5, 5.41) is 27.0. The maximum Gasteiger partial charge on any atom is 0.251 e. The molecule has 1 saturated heterocycles. The van der Waals surface area contributed by atoms with Crippen LogP contribution in [-0.2, 0) is 16.1 Å². The average molecular weight is 514 g/mol.